The number of rotatable bonds is 6. The molecule has 1 aliphatic rings. The Bertz CT molecular complexity index is 278. The summed E-state index contributed by atoms with van der Waals surface area (Å²) in [6.45, 7) is 1.97. The quantitative estimate of drug-likeness (QED) is 0.364. The highest BCUT2D eigenvalue weighted by atomic mass is 16.5. The van der Waals surface area contributed by atoms with Crippen LogP contribution >= 0.6 is 0 Å². The molecular weight excluding hydrogens is 234 g/mol. The van der Waals surface area contributed by atoms with Crippen molar-refractivity contribution in [2.75, 3.05) is 6.61 Å². The number of nitrogens with two attached hydrogens (primary N) is 1. The lowest BCUT2D eigenvalue weighted by molar-refractivity contribution is -0.146. The number of amides is 1. The third-order valence-corrected chi connectivity index (χ3v) is 3.11. The molecular formula is C12H23N3O3. The lowest BCUT2D eigenvalue weighted by Crippen LogP contribution is -2.53. The van der Waals surface area contributed by atoms with E-state index in [1.54, 1.807) is 6.92 Å². The molecule has 1 saturated carbocycles. The predicted molar refractivity (Wildman–Crippen MR) is 67.1 cm³/mol. The van der Waals surface area contributed by atoms with Gasteiger partial charge in [0.15, 0.2) is 6.17 Å². The van der Waals surface area contributed by atoms with Crippen molar-refractivity contribution in [2.45, 2.75) is 51.6 Å². The highest BCUT2D eigenvalue weighted by Gasteiger charge is 2.18. The van der Waals surface area contributed by atoms with Crippen LogP contribution in [0.15, 0.2) is 0 Å². The Morgan fingerprint density at radius 2 is 2.00 bits per heavy atom. The van der Waals surface area contributed by atoms with Crippen LogP contribution in [-0.4, -0.2) is 24.6 Å². The third-order valence-electron chi connectivity index (χ3n) is 3.11. The Morgan fingerprint density at radius 1 is 1.33 bits per heavy atom. The van der Waals surface area contributed by atoms with E-state index in [0.717, 1.165) is 12.8 Å². The maximum Gasteiger partial charge on any atom is 0.339 e. The van der Waals surface area contributed by atoms with E-state index in [1.165, 1.54) is 19.3 Å². The van der Waals surface area contributed by atoms with Crippen molar-refractivity contribution < 1.29 is 14.3 Å². The average Bonchev–Trinajstić information content (AvgIpc) is 2.37. The minimum absolute atomic E-state index is 0.123. The zero-order valence-corrected chi connectivity index (χ0v) is 10.9. The molecule has 1 unspecified atom stereocenters. The zero-order chi connectivity index (χ0) is 13.4. The molecule has 0 aliphatic heterocycles. The van der Waals surface area contributed by atoms with Crippen LogP contribution in [0.25, 0.3) is 0 Å². The van der Waals surface area contributed by atoms with Gasteiger partial charge in [-0.3, -0.25) is 10.2 Å². The van der Waals surface area contributed by atoms with Crippen molar-refractivity contribution in [3.8, 4) is 0 Å². The largest absolute Gasteiger partial charge is 0.464 e. The summed E-state index contributed by atoms with van der Waals surface area (Å²) in [5, 5.41) is 0. The number of hydrogen-bond acceptors (Lipinski definition) is 5. The van der Waals surface area contributed by atoms with E-state index in [4.69, 9.17) is 10.5 Å². The van der Waals surface area contributed by atoms with Crippen molar-refractivity contribution in [1.82, 2.24) is 10.9 Å². The van der Waals surface area contributed by atoms with Crippen LogP contribution in [0, 0.1) is 5.92 Å². The molecule has 4 N–H and O–H groups in total. The third kappa shape index (κ3) is 5.46. The first-order valence-electron chi connectivity index (χ1n) is 6.60. The van der Waals surface area contributed by atoms with Crippen molar-refractivity contribution in [1.29, 1.82) is 0 Å². The fourth-order valence-corrected chi connectivity index (χ4v) is 2.15. The number of carbonyl (C=O) groups is 2. The van der Waals surface area contributed by atoms with E-state index in [-0.39, 0.29) is 12.5 Å². The van der Waals surface area contributed by atoms with Crippen LogP contribution in [0.1, 0.15) is 45.4 Å². The van der Waals surface area contributed by atoms with Gasteiger partial charge in [-0.25, -0.2) is 10.2 Å². The van der Waals surface area contributed by atoms with Gasteiger partial charge in [0.05, 0.1) is 6.61 Å². The topological polar surface area (TPSA) is 93.4 Å². The van der Waals surface area contributed by atoms with Crippen LogP contribution in [0.4, 0.5) is 0 Å². The van der Waals surface area contributed by atoms with Crippen molar-refractivity contribution in [2.24, 2.45) is 11.7 Å². The SMILES string of the molecule is CCOC(=O)C(N)NNC(=O)CC1CCCCC1. The molecule has 0 saturated heterocycles. The summed E-state index contributed by atoms with van der Waals surface area (Å²) in [6, 6.07) is 0. The molecule has 0 spiro atoms. The summed E-state index contributed by atoms with van der Waals surface area (Å²) in [6.07, 6.45) is 5.36. The first-order valence-corrected chi connectivity index (χ1v) is 6.60. The lowest BCUT2D eigenvalue weighted by atomic mass is 9.87. The van der Waals surface area contributed by atoms with Gasteiger partial charge in [-0.2, -0.15) is 0 Å². The summed E-state index contributed by atoms with van der Waals surface area (Å²) in [5.74, 6) is -0.239. The van der Waals surface area contributed by atoms with Gasteiger partial charge in [0.25, 0.3) is 0 Å². The van der Waals surface area contributed by atoms with Crippen LogP contribution in [0.2, 0.25) is 0 Å². The van der Waals surface area contributed by atoms with Crippen LogP contribution in [0.5, 0.6) is 0 Å². The van der Waals surface area contributed by atoms with Gasteiger partial charge in [-0.1, -0.05) is 19.3 Å². The number of ether oxygens (including phenoxy) is 1. The lowest BCUT2D eigenvalue weighted by Gasteiger charge is -2.21. The van der Waals surface area contributed by atoms with E-state index >= 15 is 0 Å². The normalized spacial score (nSPS) is 18.1. The average molecular weight is 257 g/mol. The molecule has 1 atom stereocenters. The van der Waals surface area contributed by atoms with Gasteiger partial charge < -0.3 is 10.5 Å². The molecule has 18 heavy (non-hydrogen) atoms. The Labute approximate surface area is 108 Å². The van der Waals surface area contributed by atoms with Gasteiger partial charge in [-0.05, 0) is 25.7 Å². The molecule has 104 valence electrons. The number of nitrogens with one attached hydrogen (secondary N) is 2. The minimum Gasteiger partial charge on any atom is -0.464 e. The van der Waals surface area contributed by atoms with Gasteiger partial charge in [0.2, 0.25) is 5.91 Å². The van der Waals surface area contributed by atoms with Crippen molar-refractivity contribution in [3.05, 3.63) is 0 Å². The Morgan fingerprint density at radius 3 is 2.61 bits per heavy atom. The number of hydrazine groups is 1. The van der Waals surface area contributed by atoms with Gasteiger partial charge >= 0.3 is 5.97 Å². The molecule has 1 amide bonds. The highest BCUT2D eigenvalue weighted by molar-refractivity contribution is 5.78. The Balaban J connectivity index is 2.17. The highest BCUT2D eigenvalue weighted by Crippen LogP contribution is 2.25. The molecule has 0 heterocycles. The summed E-state index contributed by atoms with van der Waals surface area (Å²) in [7, 11) is 0. The van der Waals surface area contributed by atoms with E-state index in [1.807, 2.05) is 0 Å². The smallest absolute Gasteiger partial charge is 0.339 e. The second kappa shape index (κ2) is 8.05. The monoisotopic (exact) mass is 257 g/mol. The second-order valence-corrected chi connectivity index (χ2v) is 4.63. The van der Waals surface area contributed by atoms with Crippen molar-refractivity contribution in [3.63, 3.8) is 0 Å². The molecule has 1 rings (SSSR count). The fourth-order valence-electron chi connectivity index (χ4n) is 2.15. The van der Waals surface area contributed by atoms with Crippen molar-refractivity contribution >= 4 is 11.9 Å². The standard InChI is InChI=1S/C12H23N3O3/c1-2-18-12(17)11(13)15-14-10(16)8-9-6-4-3-5-7-9/h9,11,15H,2-8,13H2,1H3,(H,14,16). The van der Waals surface area contributed by atoms with E-state index < -0.39 is 12.1 Å². The molecule has 0 aromatic rings. The van der Waals surface area contributed by atoms with Crippen LogP contribution in [-0.2, 0) is 14.3 Å². The molecule has 0 aromatic heterocycles. The summed E-state index contributed by atoms with van der Waals surface area (Å²) < 4.78 is 4.71. The van der Waals surface area contributed by atoms with E-state index in [0.29, 0.717) is 12.3 Å². The summed E-state index contributed by atoms with van der Waals surface area (Å²) in [5.41, 5.74) is 10.4. The van der Waals surface area contributed by atoms with Crippen LogP contribution in [0.3, 0.4) is 0 Å². The van der Waals surface area contributed by atoms with Gasteiger partial charge in [0, 0.05) is 6.42 Å². The first kappa shape index (κ1) is 14.9. The molecule has 6 nitrogen and oxygen atoms in total. The zero-order valence-electron chi connectivity index (χ0n) is 10.9. The van der Waals surface area contributed by atoms with E-state index in [2.05, 4.69) is 10.9 Å². The fraction of sp³-hybridized carbons (Fsp3) is 0.833. The molecule has 6 heteroatoms. The van der Waals surface area contributed by atoms with E-state index in [9.17, 15) is 9.59 Å². The first-order chi connectivity index (χ1) is 8.63. The Hall–Kier alpha value is -1.14. The predicted octanol–water partition coefficient (Wildman–Crippen LogP) is 0.426. The molecule has 0 radical (unpaired) electrons. The summed E-state index contributed by atoms with van der Waals surface area (Å²) >= 11 is 0. The summed E-state index contributed by atoms with van der Waals surface area (Å²) in [4.78, 5) is 22.8. The maximum absolute atomic E-state index is 11.6. The minimum atomic E-state index is -1.01. The second-order valence-electron chi connectivity index (χ2n) is 4.63. The number of carbonyl (C=O) groups excluding carboxylic acids is 2. The molecule has 1 aliphatic carbocycles. The number of esters is 1. The maximum atomic E-state index is 11.6. The number of hydrogen-bond donors (Lipinski definition) is 3. The molecule has 1 fully saturated rings. The van der Waals surface area contributed by atoms with Crippen LogP contribution < -0.4 is 16.6 Å². The van der Waals surface area contributed by atoms with Gasteiger partial charge in [-0.15, -0.1) is 0 Å². The Kier molecular flexibility index (Phi) is 6.67. The van der Waals surface area contributed by atoms with Gasteiger partial charge in [0.1, 0.15) is 0 Å². The molecule has 0 bridgehead atoms. The molecule has 0 aromatic carbocycles.